The van der Waals surface area contributed by atoms with Crippen LogP contribution in [0.5, 0.6) is 0 Å². The summed E-state index contributed by atoms with van der Waals surface area (Å²) >= 11 is 5.66. The van der Waals surface area contributed by atoms with E-state index in [0.717, 1.165) is 5.56 Å². The van der Waals surface area contributed by atoms with Crippen LogP contribution in [0.1, 0.15) is 29.7 Å². The van der Waals surface area contributed by atoms with E-state index < -0.39 is 0 Å². The van der Waals surface area contributed by atoms with Crippen LogP contribution in [0.25, 0.3) is 0 Å². The Hall–Kier alpha value is -1.38. The van der Waals surface area contributed by atoms with Crippen LogP contribution in [0.2, 0.25) is 5.02 Å². The van der Waals surface area contributed by atoms with E-state index in [0.29, 0.717) is 6.54 Å². The van der Waals surface area contributed by atoms with Gasteiger partial charge in [-0.15, -0.1) is 0 Å². The molecule has 0 spiro atoms. The second kappa shape index (κ2) is 6.18. The van der Waals surface area contributed by atoms with E-state index >= 15 is 0 Å². The number of nitrogens with one attached hydrogen (secondary N) is 1. The Labute approximate surface area is 118 Å². The van der Waals surface area contributed by atoms with Gasteiger partial charge in [0.05, 0.1) is 5.02 Å². The van der Waals surface area contributed by atoms with Gasteiger partial charge in [-0.05, 0) is 42.7 Å². The number of hydrogen-bond acceptors (Lipinski definition) is 1. The summed E-state index contributed by atoms with van der Waals surface area (Å²) in [5.41, 5.74) is 3.41. The van der Waals surface area contributed by atoms with Crippen LogP contribution in [0.4, 0.5) is 4.39 Å². The molecule has 1 atom stereocenters. The molecule has 0 saturated carbocycles. The molecule has 0 aliphatic heterocycles. The van der Waals surface area contributed by atoms with Crippen molar-refractivity contribution in [3.63, 3.8) is 0 Å². The van der Waals surface area contributed by atoms with Crippen LogP contribution in [-0.4, -0.2) is 0 Å². The molecule has 2 rings (SSSR count). The number of benzene rings is 2. The summed E-state index contributed by atoms with van der Waals surface area (Å²) in [4.78, 5) is 0. The van der Waals surface area contributed by atoms with E-state index in [4.69, 9.17) is 11.6 Å². The summed E-state index contributed by atoms with van der Waals surface area (Å²) in [6, 6.07) is 13.4. The van der Waals surface area contributed by atoms with Crippen molar-refractivity contribution in [3.05, 3.63) is 70.0 Å². The topological polar surface area (TPSA) is 12.0 Å². The maximum atomic E-state index is 13.3. The monoisotopic (exact) mass is 277 g/mol. The molecular weight excluding hydrogens is 261 g/mol. The van der Waals surface area contributed by atoms with E-state index in [1.807, 2.05) is 18.2 Å². The quantitative estimate of drug-likeness (QED) is 0.858. The molecule has 0 heterocycles. The largest absolute Gasteiger partial charge is 0.306 e. The van der Waals surface area contributed by atoms with Gasteiger partial charge in [-0.25, -0.2) is 4.39 Å². The number of hydrogen-bond donors (Lipinski definition) is 1. The van der Waals surface area contributed by atoms with Gasteiger partial charge in [0.2, 0.25) is 0 Å². The smallest absolute Gasteiger partial charge is 0.142 e. The zero-order valence-corrected chi connectivity index (χ0v) is 11.8. The molecule has 100 valence electrons. The molecule has 0 saturated heterocycles. The van der Waals surface area contributed by atoms with Crippen LogP contribution in [0.3, 0.4) is 0 Å². The first-order valence-corrected chi connectivity index (χ1v) is 6.68. The van der Waals surface area contributed by atoms with Gasteiger partial charge in [0.15, 0.2) is 0 Å². The summed E-state index contributed by atoms with van der Waals surface area (Å²) in [6.07, 6.45) is 0. The standard InChI is InChI=1S/C16H17ClFN/c1-11-5-3-4-6-14(11)12(2)19-10-13-7-8-15(17)16(18)9-13/h3-9,12,19H,10H2,1-2H3/t12-/m0/s1. The van der Waals surface area contributed by atoms with Crippen molar-refractivity contribution >= 4 is 11.6 Å². The summed E-state index contributed by atoms with van der Waals surface area (Å²) in [5.74, 6) is -0.371. The molecule has 0 amide bonds. The summed E-state index contributed by atoms with van der Waals surface area (Å²) in [6.45, 7) is 4.81. The lowest BCUT2D eigenvalue weighted by Crippen LogP contribution is -2.18. The molecular formula is C16H17ClFN. The third-order valence-corrected chi connectivity index (χ3v) is 3.56. The first kappa shape index (κ1) is 14.0. The second-order valence-corrected chi connectivity index (χ2v) is 5.11. The van der Waals surface area contributed by atoms with Gasteiger partial charge in [0.1, 0.15) is 5.82 Å². The van der Waals surface area contributed by atoms with Crippen LogP contribution in [0, 0.1) is 12.7 Å². The van der Waals surface area contributed by atoms with E-state index in [1.54, 1.807) is 6.07 Å². The fraction of sp³-hybridized carbons (Fsp3) is 0.250. The van der Waals surface area contributed by atoms with Gasteiger partial charge in [-0.1, -0.05) is 41.9 Å². The molecule has 0 unspecified atom stereocenters. The Morgan fingerprint density at radius 1 is 1.21 bits per heavy atom. The molecule has 1 N–H and O–H groups in total. The Morgan fingerprint density at radius 3 is 2.63 bits per heavy atom. The van der Waals surface area contributed by atoms with Gasteiger partial charge >= 0.3 is 0 Å². The molecule has 0 radical (unpaired) electrons. The van der Waals surface area contributed by atoms with E-state index in [-0.39, 0.29) is 16.9 Å². The van der Waals surface area contributed by atoms with Crippen molar-refractivity contribution in [1.29, 1.82) is 0 Å². The molecule has 0 fully saturated rings. The van der Waals surface area contributed by atoms with Crippen LogP contribution in [0.15, 0.2) is 42.5 Å². The highest BCUT2D eigenvalue weighted by atomic mass is 35.5. The highest BCUT2D eigenvalue weighted by Gasteiger charge is 2.08. The minimum Gasteiger partial charge on any atom is -0.306 e. The van der Waals surface area contributed by atoms with Crippen molar-refractivity contribution in [2.75, 3.05) is 0 Å². The van der Waals surface area contributed by atoms with E-state index in [9.17, 15) is 4.39 Å². The molecule has 0 aliphatic rings. The third-order valence-electron chi connectivity index (χ3n) is 3.25. The summed E-state index contributed by atoms with van der Waals surface area (Å²) in [5, 5.41) is 3.56. The zero-order valence-electron chi connectivity index (χ0n) is 11.1. The predicted molar refractivity (Wildman–Crippen MR) is 77.8 cm³/mol. The number of halogens is 2. The minimum atomic E-state index is -0.371. The average molecular weight is 278 g/mol. The van der Waals surface area contributed by atoms with Gasteiger partial charge in [-0.2, -0.15) is 0 Å². The fourth-order valence-corrected chi connectivity index (χ4v) is 2.22. The van der Waals surface area contributed by atoms with Gasteiger partial charge in [0, 0.05) is 12.6 Å². The minimum absolute atomic E-state index is 0.163. The lowest BCUT2D eigenvalue weighted by Gasteiger charge is -2.16. The normalized spacial score (nSPS) is 12.4. The summed E-state index contributed by atoms with van der Waals surface area (Å²) in [7, 11) is 0. The summed E-state index contributed by atoms with van der Waals surface area (Å²) < 4.78 is 13.3. The van der Waals surface area contributed by atoms with Crippen LogP contribution < -0.4 is 5.32 Å². The Balaban J connectivity index is 2.02. The predicted octanol–water partition coefficient (Wildman–Crippen LogP) is 4.64. The Bertz CT molecular complexity index is 568. The number of aryl methyl sites for hydroxylation is 1. The molecule has 3 heteroatoms. The third kappa shape index (κ3) is 3.55. The SMILES string of the molecule is Cc1ccccc1[C@H](C)NCc1ccc(Cl)c(F)c1. The maximum Gasteiger partial charge on any atom is 0.142 e. The molecule has 1 nitrogen and oxygen atoms in total. The van der Waals surface area contributed by atoms with E-state index in [2.05, 4.69) is 31.3 Å². The average Bonchev–Trinajstić information content (AvgIpc) is 2.40. The Morgan fingerprint density at radius 2 is 1.95 bits per heavy atom. The van der Waals surface area contributed by atoms with Crippen LogP contribution in [-0.2, 0) is 6.54 Å². The number of rotatable bonds is 4. The van der Waals surface area contributed by atoms with Crippen LogP contribution >= 0.6 is 11.6 Å². The van der Waals surface area contributed by atoms with Gasteiger partial charge in [-0.3, -0.25) is 0 Å². The lowest BCUT2D eigenvalue weighted by atomic mass is 10.0. The molecule has 2 aromatic carbocycles. The zero-order chi connectivity index (χ0) is 13.8. The highest BCUT2D eigenvalue weighted by molar-refractivity contribution is 6.30. The van der Waals surface area contributed by atoms with Crippen molar-refractivity contribution in [2.24, 2.45) is 0 Å². The van der Waals surface area contributed by atoms with Gasteiger partial charge in [0.25, 0.3) is 0 Å². The molecule has 0 aromatic heterocycles. The molecule has 0 aliphatic carbocycles. The lowest BCUT2D eigenvalue weighted by molar-refractivity contribution is 0.567. The van der Waals surface area contributed by atoms with E-state index in [1.165, 1.54) is 17.2 Å². The molecule has 19 heavy (non-hydrogen) atoms. The van der Waals surface area contributed by atoms with Crippen molar-refractivity contribution < 1.29 is 4.39 Å². The van der Waals surface area contributed by atoms with Crippen molar-refractivity contribution in [1.82, 2.24) is 5.32 Å². The Kier molecular flexibility index (Phi) is 4.56. The van der Waals surface area contributed by atoms with Gasteiger partial charge < -0.3 is 5.32 Å². The maximum absolute atomic E-state index is 13.3. The molecule has 2 aromatic rings. The first-order chi connectivity index (χ1) is 9.08. The first-order valence-electron chi connectivity index (χ1n) is 6.31. The highest BCUT2D eigenvalue weighted by Crippen LogP contribution is 2.19. The second-order valence-electron chi connectivity index (χ2n) is 4.71. The van der Waals surface area contributed by atoms with Crippen molar-refractivity contribution in [2.45, 2.75) is 26.4 Å². The molecule has 0 bridgehead atoms. The van der Waals surface area contributed by atoms with Crippen molar-refractivity contribution in [3.8, 4) is 0 Å². The fourth-order valence-electron chi connectivity index (χ4n) is 2.10.